The van der Waals surface area contributed by atoms with Crippen LogP contribution in [0.25, 0.3) is 10.9 Å². The number of H-pyrrole nitrogens is 1. The first kappa shape index (κ1) is 17.7. The van der Waals surface area contributed by atoms with E-state index in [1.165, 1.54) is 26.4 Å². The fourth-order valence-corrected chi connectivity index (χ4v) is 3.66. The molecule has 0 saturated heterocycles. The summed E-state index contributed by atoms with van der Waals surface area (Å²) in [6.07, 6.45) is 3.17. The zero-order valence-corrected chi connectivity index (χ0v) is 15.6. The zero-order valence-electron chi connectivity index (χ0n) is 14.9. The Labute approximate surface area is 160 Å². The van der Waals surface area contributed by atoms with Crippen molar-refractivity contribution < 1.29 is 18.7 Å². The maximum Gasteiger partial charge on any atom is 0.235 e. The lowest BCUT2D eigenvalue weighted by Crippen LogP contribution is -2.27. The number of nitrogens with one attached hydrogen (secondary N) is 2. The van der Waals surface area contributed by atoms with Crippen LogP contribution in [-0.2, 0) is 10.2 Å². The molecule has 1 aliphatic carbocycles. The molecule has 0 bridgehead atoms. The second kappa shape index (κ2) is 6.46. The van der Waals surface area contributed by atoms with Crippen LogP contribution >= 0.6 is 11.6 Å². The van der Waals surface area contributed by atoms with Crippen LogP contribution in [0.1, 0.15) is 18.4 Å². The van der Waals surface area contributed by atoms with Gasteiger partial charge in [-0.25, -0.2) is 4.39 Å². The van der Waals surface area contributed by atoms with Crippen LogP contribution in [0.4, 0.5) is 10.1 Å². The number of amides is 1. The number of benzene rings is 2. The molecule has 0 atom stereocenters. The van der Waals surface area contributed by atoms with Gasteiger partial charge in [-0.1, -0.05) is 11.6 Å². The first-order valence-electron chi connectivity index (χ1n) is 8.48. The van der Waals surface area contributed by atoms with Crippen molar-refractivity contribution in [3.05, 3.63) is 52.9 Å². The van der Waals surface area contributed by atoms with E-state index in [2.05, 4.69) is 10.3 Å². The van der Waals surface area contributed by atoms with E-state index in [1.807, 2.05) is 0 Å². The highest BCUT2D eigenvalue weighted by atomic mass is 35.5. The highest BCUT2D eigenvalue weighted by molar-refractivity contribution is 6.32. The number of carbonyl (C=O) groups excluding carboxylic acids is 1. The summed E-state index contributed by atoms with van der Waals surface area (Å²) >= 11 is 6.12. The van der Waals surface area contributed by atoms with Crippen LogP contribution in [0, 0.1) is 5.82 Å². The van der Waals surface area contributed by atoms with Crippen LogP contribution in [-0.4, -0.2) is 25.1 Å². The molecule has 1 heterocycles. The van der Waals surface area contributed by atoms with E-state index in [-0.39, 0.29) is 11.7 Å². The van der Waals surface area contributed by atoms with Crippen molar-refractivity contribution >= 4 is 34.1 Å². The van der Waals surface area contributed by atoms with E-state index in [4.69, 9.17) is 21.1 Å². The molecule has 2 N–H and O–H groups in total. The molecule has 0 radical (unpaired) electrons. The van der Waals surface area contributed by atoms with E-state index in [1.54, 1.807) is 24.4 Å². The van der Waals surface area contributed by atoms with Crippen molar-refractivity contribution in [1.29, 1.82) is 0 Å². The van der Waals surface area contributed by atoms with E-state index in [9.17, 15) is 9.18 Å². The van der Waals surface area contributed by atoms with E-state index in [0.29, 0.717) is 35.1 Å². The van der Waals surface area contributed by atoms with Crippen molar-refractivity contribution in [3.63, 3.8) is 0 Å². The topological polar surface area (TPSA) is 63.3 Å². The minimum Gasteiger partial charge on any atom is -0.495 e. The molecule has 0 aliphatic heterocycles. The third-order valence-corrected chi connectivity index (χ3v) is 5.36. The summed E-state index contributed by atoms with van der Waals surface area (Å²) in [5, 5.41) is 4.04. The molecule has 1 saturated carbocycles. The van der Waals surface area contributed by atoms with Gasteiger partial charge in [-0.3, -0.25) is 4.79 Å². The van der Waals surface area contributed by atoms with E-state index >= 15 is 0 Å². The smallest absolute Gasteiger partial charge is 0.235 e. The first-order valence-corrected chi connectivity index (χ1v) is 8.86. The third kappa shape index (κ3) is 2.90. The molecule has 1 fully saturated rings. The fourth-order valence-electron chi connectivity index (χ4n) is 3.43. The second-order valence-corrected chi connectivity index (χ2v) is 7.02. The van der Waals surface area contributed by atoms with Crippen LogP contribution in [0.3, 0.4) is 0 Å². The van der Waals surface area contributed by atoms with Crippen molar-refractivity contribution in [2.24, 2.45) is 0 Å². The maximum atomic E-state index is 13.7. The number of ether oxygens (including phenoxy) is 2. The highest BCUT2D eigenvalue weighted by Crippen LogP contribution is 2.51. The Kier molecular flexibility index (Phi) is 4.23. The number of methoxy groups -OCH3 is 2. The number of aromatic nitrogens is 1. The predicted octanol–water partition coefficient (Wildman–Crippen LogP) is 4.65. The number of hydrogen-bond acceptors (Lipinski definition) is 3. The van der Waals surface area contributed by atoms with Gasteiger partial charge in [0.05, 0.1) is 30.3 Å². The predicted molar refractivity (Wildman–Crippen MR) is 102 cm³/mol. The molecule has 0 spiro atoms. The lowest BCUT2D eigenvalue weighted by molar-refractivity contribution is -0.118. The molecule has 1 aromatic heterocycles. The van der Waals surface area contributed by atoms with Gasteiger partial charge in [0, 0.05) is 29.2 Å². The monoisotopic (exact) mass is 388 g/mol. The Morgan fingerprint density at radius 3 is 2.59 bits per heavy atom. The number of hydrogen-bond donors (Lipinski definition) is 2. The summed E-state index contributed by atoms with van der Waals surface area (Å²) < 4.78 is 24.3. The largest absolute Gasteiger partial charge is 0.495 e. The molecular weight excluding hydrogens is 371 g/mol. The number of anilines is 1. The highest BCUT2D eigenvalue weighted by Gasteiger charge is 2.52. The molecule has 1 amide bonds. The first-order chi connectivity index (χ1) is 13.0. The molecule has 5 nitrogen and oxygen atoms in total. The SMILES string of the molecule is COc1cc(NC(=O)C2(c3c[nH]c4ccc(F)cc34)CC2)c(OC)cc1Cl. The van der Waals surface area contributed by atoms with Crippen molar-refractivity contribution in [1.82, 2.24) is 4.98 Å². The van der Waals surface area contributed by atoms with Gasteiger partial charge in [0.1, 0.15) is 17.3 Å². The second-order valence-electron chi connectivity index (χ2n) is 6.62. The molecule has 27 heavy (non-hydrogen) atoms. The molecule has 1 aliphatic rings. The Morgan fingerprint density at radius 1 is 1.19 bits per heavy atom. The maximum absolute atomic E-state index is 13.7. The average Bonchev–Trinajstić information content (AvgIpc) is 3.36. The van der Waals surface area contributed by atoms with Crippen molar-refractivity contribution in [2.75, 3.05) is 19.5 Å². The molecule has 0 unspecified atom stereocenters. The van der Waals surface area contributed by atoms with Gasteiger partial charge < -0.3 is 19.8 Å². The zero-order chi connectivity index (χ0) is 19.2. The van der Waals surface area contributed by atoms with Gasteiger partial charge in [0.25, 0.3) is 0 Å². The average molecular weight is 389 g/mol. The van der Waals surface area contributed by atoms with Gasteiger partial charge in [-0.2, -0.15) is 0 Å². The number of aromatic amines is 1. The lowest BCUT2D eigenvalue weighted by Gasteiger charge is -2.18. The van der Waals surface area contributed by atoms with Gasteiger partial charge in [-0.05, 0) is 36.6 Å². The molecule has 2 aromatic carbocycles. The van der Waals surface area contributed by atoms with Gasteiger partial charge in [0.15, 0.2) is 0 Å². The third-order valence-electron chi connectivity index (χ3n) is 5.07. The van der Waals surface area contributed by atoms with Crippen LogP contribution in [0.5, 0.6) is 11.5 Å². The summed E-state index contributed by atoms with van der Waals surface area (Å²) in [7, 11) is 3.01. The normalized spacial score (nSPS) is 14.8. The molecule has 4 rings (SSSR count). The summed E-state index contributed by atoms with van der Waals surface area (Å²) in [5.74, 6) is 0.376. The quantitative estimate of drug-likeness (QED) is 0.668. The molecule has 3 aromatic rings. The minimum atomic E-state index is -0.691. The van der Waals surface area contributed by atoms with Crippen LogP contribution in [0.15, 0.2) is 36.5 Å². The Balaban J connectivity index is 1.70. The number of carbonyl (C=O) groups is 1. The van der Waals surface area contributed by atoms with Crippen molar-refractivity contribution in [2.45, 2.75) is 18.3 Å². The lowest BCUT2D eigenvalue weighted by atomic mass is 9.94. The van der Waals surface area contributed by atoms with Crippen LogP contribution < -0.4 is 14.8 Å². The summed E-state index contributed by atoms with van der Waals surface area (Å²) in [4.78, 5) is 16.2. The summed E-state index contributed by atoms with van der Waals surface area (Å²) in [5.41, 5.74) is 1.39. The van der Waals surface area contributed by atoms with E-state index in [0.717, 1.165) is 16.5 Å². The minimum absolute atomic E-state index is 0.171. The Hall–Kier alpha value is -2.73. The molecule has 7 heteroatoms. The standard InChI is InChI=1S/C20H18ClFN2O3/c1-26-17-9-16(18(27-2)8-14(17)21)24-19(25)20(5-6-20)13-10-23-15-4-3-11(22)7-12(13)15/h3-4,7-10,23H,5-6H2,1-2H3,(H,24,25). The number of rotatable bonds is 5. The molecular formula is C20H18ClFN2O3. The van der Waals surface area contributed by atoms with Gasteiger partial charge in [-0.15, -0.1) is 0 Å². The van der Waals surface area contributed by atoms with Gasteiger partial charge in [0.2, 0.25) is 5.91 Å². The number of halogens is 2. The number of fused-ring (bicyclic) bond motifs is 1. The van der Waals surface area contributed by atoms with E-state index < -0.39 is 5.41 Å². The Morgan fingerprint density at radius 2 is 1.93 bits per heavy atom. The fraction of sp³-hybridized carbons (Fsp3) is 0.250. The molecule has 140 valence electrons. The van der Waals surface area contributed by atoms with Crippen LogP contribution in [0.2, 0.25) is 5.02 Å². The van der Waals surface area contributed by atoms with Gasteiger partial charge >= 0.3 is 0 Å². The summed E-state index contributed by atoms with van der Waals surface area (Å²) in [6, 6.07) is 7.75. The summed E-state index contributed by atoms with van der Waals surface area (Å²) in [6.45, 7) is 0. The van der Waals surface area contributed by atoms with Crippen molar-refractivity contribution in [3.8, 4) is 11.5 Å². The Bertz CT molecular complexity index is 1040.